The van der Waals surface area contributed by atoms with Gasteiger partial charge in [-0.05, 0) is 17.5 Å². The Labute approximate surface area is 110 Å². The van der Waals surface area contributed by atoms with Gasteiger partial charge >= 0.3 is 0 Å². The van der Waals surface area contributed by atoms with Gasteiger partial charge in [0.25, 0.3) is 5.91 Å². The molecule has 0 fully saturated rings. The largest absolute Gasteiger partial charge is 0.394 e. The van der Waals surface area contributed by atoms with Gasteiger partial charge in [-0.1, -0.05) is 31.2 Å². The van der Waals surface area contributed by atoms with Crippen molar-refractivity contribution in [3.05, 3.63) is 47.3 Å². The normalized spacial score (nSPS) is 12.1. The van der Waals surface area contributed by atoms with Crippen molar-refractivity contribution < 1.29 is 9.90 Å². The van der Waals surface area contributed by atoms with E-state index in [9.17, 15) is 9.90 Å². The highest BCUT2D eigenvalue weighted by molar-refractivity contribution is 5.92. The summed E-state index contributed by atoms with van der Waals surface area (Å²) >= 11 is 0. The smallest absolute Gasteiger partial charge is 0.274 e. The summed E-state index contributed by atoms with van der Waals surface area (Å²) in [6.45, 7) is 1.90. The van der Waals surface area contributed by atoms with Crippen molar-refractivity contribution >= 4 is 5.91 Å². The van der Waals surface area contributed by atoms with E-state index in [1.165, 1.54) is 11.8 Å². The lowest BCUT2D eigenvalue weighted by molar-refractivity contribution is 0.0911. The number of aliphatic hydroxyl groups excluding tert-OH is 1. The number of hydrogen-bond donors (Lipinski definition) is 3. The number of aryl methyl sites for hydroxylation is 1. The molecule has 1 unspecified atom stereocenters. The van der Waals surface area contributed by atoms with Gasteiger partial charge in [-0.2, -0.15) is 15.4 Å². The molecule has 1 heterocycles. The van der Waals surface area contributed by atoms with Gasteiger partial charge in [-0.15, -0.1) is 0 Å². The second kappa shape index (κ2) is 6.10. The number of benzene rings is 1. The lowest BCUT2D eigenvalue weighted by Crippen LogP contribution is -2.31. The van der Waals surface area contributed by atoms with Crippen LogP contribution in [0.5, 0.6) is 0 Å². The average molecular weight is 260 g/mol. The molecule has 2 aromatic rings. The number of nitrogens with zero attached hydrogens (tertiary/aromatic N) is 2. The van der Waals surface area contributed by atoms with Crippen molar-refractivity contribution in [2.24, 2.45) is 0 Å². The van der Waals surface area contributed by atoms with Crippen LogP contribution in [-0.4, -0.2) is 33.0 Å². The highest BCUT2D eigenvalue weighted by Crippen LogP contribution is 2.14. The second-order valence-corrected chi connectivity index (χ2v) is 4.16. The summed E-state index contributed by atoms with van der Waals surface area (Å²) in [7, 11) is 0. The molecule has 0 aliphatic rings. The standard InChI is InChI=1S/C13H16N4O2/c1-2-9-3-5-10(6-4-9)12(8-18)15-13(19)11-7-14-17-16-11/h3-7,12,18H,2,8H2,1H3,(H,15,19)(H,14,16,17). The minimum Gasteiger partial charge on any atom is -0.394 e. The third-order valence-corrected chi connectivity index (χ3v) is 2.93. The van der Waals surface area contributed by atoms with E-state index in [2.05, 4.69) is 27.7 Å². The molecule has 1 aromatic carbocycles. The number of nitrogens with one attached hydrogen (secondary N) is 2. The molecule has 6 nitrogen and oxygen atoms in total. The van der Waals surface area contributed by atoms with E-state index in [1.54, 1.807) is 0 Å². The molecule has 2 rings (SSSR count). The Hall–Kier alpha value is -2.21. The van der Waals surface area contributed by atoms with Crippen LogP contribution >= 0.6 is 0 Å². The fourth-order valence-corrected chi connectivity index (χ4v) is 1.76. The molecule has 1 amide bonds. The lowest BCUT2D eigenvalue weighted by Gasteiger charge is -2.16. The lowest BCUT2D eigenvalue weighted by atomic mass is 10.0. The average Bonchev–Trinajstić information content (AvgIpc) is 2.99. The van der Waals surface area contributed by atoms with E-state index in [1.807, 2.05) is 24.3 Å². The molecule has 0 radical (unpaired) electrons. The molecule has 0 aliphatic carbocycles. The van der Waals surface area contributed by atoms with E-state index in [4.69, 9.17) is 0 Å². The highest BCUT2D eigenvalue weighted by atomic mass is 16.3. The zero-order chi connectivity index (χ0) is 13.7. The van der Waals surface area contributed by atoms with Crippen molar-refractivity contribution in [3.8, 4) is 0 Å². The Morgan fingerprint density at radius 1 is 1.42 bits per heavy atom. The fraction of sp³-hybridized carbons (Fsp3) is 0.308. The number of hydrogen-bond acceptors (Lipinski definition) is 4. The molecule has 19 heavy (non-hydrogen) atoms. The summed E-state index contributed by atoms with van der Waals surface area (Å²) in [5.41, 5.74) is 2.27. The first-order valence-electron chi connectivity index (χ1n) is 6.11. The summed E-state index contributed by atoms with van der Waals surface area (Å²) in [6, 6.07) is 7.33. The quantitative estimate of drug-likeness (QED) is 0.742. The van der Waals surface area contributed by atoms with Gasteiger partial charge in [0.15, 0.2) is 5.69 Å². The zero-order valence-corrected chi connectivity index (χ0v) is 10.6. The Balaban J connectivity index is 2.09. The van der Waals surface area contributed by atoms with Crippen LogP contribution < -0.4 is 5.32 Å². The number of carbonyl (C=O) groups excluding carboxylic acids is 1. The molecule has 0 saturated heterocycles. The van der Waals surface area contributed by atoms with Gasteiger partial charge in [0, 0.05) is 0 Å². The molecular formula is C13H16N4O2. The third-order valence-electron chi connectivity index (χ3n) is 2.93. The molecule has 0 saturated carbocycles. The van der Waals surface area contributed by atoms with Crippen LogP contribution in [0.15, 0.2) is 30.5 Å². The predicted octanol–water partition coefficient (Wildman–Crippen LogP) is 0.830. The van der Waals surface area contributed by atoms with Gasteiger partial charge < -0.3 is 10.4 Å². The van der Waals surface area contributed by atoms with Crippen molar-refractivity contribution in [2.45, 2.75) is 19.4 Å². The molecule has 0 spiro atoms. The molecule has 1 aromatic heterocycles. The number of H-pyrrole nitrogens is 1. The first-order chi connectivity index (χ1) is 9.24. The summed E-state index contributed by atoms with van der Waals surface area (Å²) in [4.78, 5) is 11.8. The Morgan fingerprint density at radius 2 is 2.16 bits per heavy atom. The van der Waals surface area contributed by atoms with Crippen LogP contribution in [0.4, 0.5) is 0 Å². The van der Waals surface area contributed by atoms with Crippen molar-refractivity contribution in [2.75, 3.05) is 6.61 Å². The van der Waals surface area contributed by atoms with Gasteiger partial charge in [-0.25, -0.2) is 0 Å². The SMILES string of the molecule is CCc1ccc(C(CO)NC(=O)c2cn[nH]n2)cc1. The summed E-state index contributed by atoms with van der Waals surface area (Å²) in [5.74, 6) is -0.368. The van der Waals surface area contributed by atoms with E-state index < -0.39 is 6.04 Å². The van der Waals surface area contributed by atoms with Crippen molar-refractivity contribution in [1.29, 1.82) is 0 Å². The number of aromatic nitrogens is 3. The topological polar surface area (TPSA) is 90.9 Å². The van der Waals surface area contributed by atoms with Crippen LogP contribution in [0.2, 0.25) is 0 Å². The number of amides is 1. The second-order valence-electron chi connectivity index (χ2n) is 4.16. The molecule has 100 valence electrons. The molecule has 3 N–H and O–H groups in total. The van der Waals surface area contributed by atoms with Crippen LogP contribution in [0, 0.1) is 0 Å². The minimum absolute atomic E-state index is 0.172. The van der Waals surface area contributed by atoms with Crippen LogP contribution in [0.1, 0.15) is 34.6 Å². The zero-order valence-electron chi connectivity index (χ0n) is 10.6. The van der Waals surface area contributed by atoms with Gasteiger partial charge in [0.1, 0.15) is 0 Å². The molecule has 1 atom stereocenters. The number of rotatable bonds is 5. The van der Waals surface area contributed by atoms with E-state index >= 15 is 0 Å². The molecular weight excluding hydrogens is 244 g/mol. The van der Waals surface area contributed by atoms with Gasteiger partial charge in [0.2, 0.25) is 0 Å². The molecule has 0 aliphatic heterocycles. The van der Waals surface area contributed by atoms with E-state index in [-0.39, 0.29) is 18.2 Å². The maximum absolute atomic E-state index is 11.8. The summed E-state index contributed by atoms with van der Waals surface area (Å²) < 4.78 is 0. The Bertz CT molecular complexity index is 522. The highest BCUT2D eigenvalue weighted by Gasteiger charge is 2.16. The predicted molar refractivity (Wildman–Crippen MR) is 69.5 cm³/mol. The van der Waals surface area contributed by atoms with Gasteiger partial charge in [-0.3, -0.25) is 4.79 Å². The first kappa shape index (κ1) is 13.2. The number of aliphatic hydroxyl groups is 1. The summed E-state index contributed by atoms with van der Waals surface area (Å²) in [5, 5.41) is 21.7. The molecule has 0 bridgehead atoms. The monoisotopic (exact) mass is 260 g/mol. The van der Waals surface area contributed by atoms with Crippen LogP contribution in [0.25, 0.3) is 0 Å². The van der Waals surface area contributed by atoms with Crippen molar-refractivity contribution in [3.63, 3.8) is 0 Å². The minimum atomic E-state index is -0.449. The van der Waals surface area contributed by atoms with Crippen LogP contribution in [0.3, 0.4) is 0 Å². The van der Waals surface area contributed by atoms with Gasteiger partial charge in [0.05, 0.1) is 18.8 Å². The number of aromatic amines is 1. The summed E-state index contributed by atoms with van der Waals surface area (Å²) in [6.07, 6.45) is 2.29. The first-order valence-corrected chi connectivity index (χ1v) is 6.11. The fourth-order valence-electron chi connectivity index (χ4n) is 1.76. The maximum atomic E-state index is 11.8. The maximum Gasteiger partial charge on any atom is 0.274 e. The third kappa shape index (κ3) is 3.17. The molecule has 6 heteroatoms. The Morgan fingerprint density at radius 3 is 2.68 bits per heavy atom. The Kier molecular flexibility index (Phi) is 4.25. The van der Waals surface area contributed by atoms with E-state index in [0.29, 0.717) is 0 Å². The number of carbonyl (C=O) groups is 1. The van der Waals surface area contributed by atoms with E-state index in [0.717, 1.165) is 12.0 Å². The van der Waals surface area contributed by atoms with Crippen molar-refractivity contribution in [1.82, 2.24) is 20.7 Å². The van der Waals surface area contributed by atoms with Crippen LogP contribution in [-0.2, 0) is 6.42 Å².